The van der Waals surface area contributed by atoms with Crippen LogP contribution in [0.4, 0.5) is 0 Å². The largest absolute Gasteiger partial charge is 0.454 e. The van der Waals surface area contributed by atoms with Crippen LogP contribution in [-0.2, 0) is 4.79 Å². The number of nitrogens with zero attached hydrogens (tertiary/aromatic N) is 1. The highest BCUT2D eigenvalue weighted by molar-refractivity contribution is 5.92. The molecule has 0 aliphatic carbocycles. The van der Waals surface area contributed by atoms with Gasteiger partial charge in [-0.1, -0.05) is 42.5 Å². The van der Waals surface area contributed by atoms with Crippen LogP contribution >= 0.6 is 0 Å². The molecule has 0 aromatic heterocycles. The van der Waals surface area contributed by atoms with Gasteiger partial charge in [0.15, 0.2) is 11.5 Å². The average molecular weight is 333 g/mol. The minimum atomic E-state index is 0.0287. The van der Waals surface area contributed by atoms with Crippen molar-refractivity contribution in [2.45, 2.75) is 6.42 Å². The van der Waals surface area contributed by atoms with Crippen molar-refractivity contribution in [3.63, 3.8) is 0 Å². The third-order valence-corrected chi connectivity index (χ3v) is 4.48. The molecule has 0 unspecified atom stereocenters. The Balaban J connectivity index is 1.40. The zero-order chi connectivity index (χ0) is 17.1. The van der Waals surface area contributed by atoms with E-state index in [0.29, 0.717) is 6.54 Å². The molecule has 25 heavy (non-hydrogen) atoms. The summed E-state index contributed by atoms with van der Waals surface area (Å²) in [5, 5.41) is 0. The van der Waals surface area contributed by atoms with Crippen molar-refractivity contribution in [3.05, 3.63) is 71.8 Å². The average Bonchev–Trinajstić information content (AvgIpc) is 3.15. The maximum absolute atomic E-state index is 12.4. The first-order valence-corrected chi connectivity index (χ1v) is 8.41. The highest BCUT2D eigenvalue weighted by Crippen LogP contribution is 2.32. The van der Waals surface area contributed by atoms with E-state index in [2.05, 4.69) is 18.2 Å². The Bertz CT molecular complexity index is 839. The van der Waals surface area contributed by atoms with Crippen molar-refractivity contribution in [2.24, 2.45) is 0 Å². The maximum atomic E-state index is 12.4. The third-order valence-electron chi connectivity index (χ3n) is 4.48. The summed E-state index contributed by atoms with van der Waals surface area (Å²) in [4.78, 5) is 14.3. The number of benzene rings is 2. The van der Waals surface area contributed by atoms with E-state index in [0.717, 1.165) is 30.0 Å². The minimum Gasteiger partial charge on any atom is -0.454 e. The fraction of sp³-hybridized carbons (Fsp3) is 0.190. The molecule has 1 amide bonds. The van der Waals surface area contributed by atoms with Crippen molar-refractivity contribution >= 4 is 17.6 Å². The fourth-order valence-electron chi connectivity index (χ4n) is 3.07. The van der Waals surface area contributed by atoms with Gasteiger partial charge >= 0.3 is 0 Å². The van der Waals surface area contributed by atoms with Crippen LogP contribution in [-0.4, -0.2) is 30.7 Å². The van der Waals surface area contributed by atoms with Gasteiger partial charge in [-0.25, -0.2) is 0 Å². The molecule has 0 radical (unpaired) electrons. The van der Waals surface area contributed by atoms with Crippen LogP contribution in [0.3, 0.4) is 0 Å². The normalized spacial score (nSPS) is 16.2. The maximum Gasteiger partial charge on any atom is 0.246 e. The summed E-state index contributed by atoms with van der Waals surface area (Å²) in [7, 11) is 0. The van der Waals surface area contributed by atoms with Crippen LogP contribution in [0, 0.1) is 0 Å². The molecule has 0 saturated heterocycles. The van der Waals surface area contributed by atoms with Gasteiger partial charge in [-0.05, 0) is 41.3 Å². The second kappa shape index (κ2) is 6.85. The van der Waals surface area contributed by atoms with Crippen LogP contribution in [0.5, 0.6) is 11.5 Å². The van der Waals surface area contributed by atoms with E-state index in [9.17, 15) is 4.79 Å². The number of fused-ring (bicyclic) bond motifs is 1. The molecule has 0 atom stereocenters. The molecule has 0 saturated carbocycles. The number of amides is 1. The van der Waals surface area contributed by atoms with Crippen LogP contribution in [0.15, 0.2) is 60.7 Å². The zero-order valence-corrected chi connectivity index (χ0v) is 13.9. The van der Waals surface area contributed by atoms with Gasteiger partial charge in [0.2, 0.25) is 12.7 Å². The molecule has 126 valence electrons. The lowest BCUT2D eigenvalue weighted by molar-refractivity contribution is -0.125. The number of ether oxygens (including phenoxy) is 2. The van der Waals surface area contributed by atoms with E-state index >= 15 is 0 Å². The summed E-state index contributed by atoms with van der Waals surface area (Å²) in [6, 6.07) is 16.0. The topological polar surface area (TPSA) is 38.8 Å². The molecule has 0 bridgehead atoms. The van der Waals surface area contributed by atoms with Gasteiger partial charge in [-0.3, -0.25) is 4.79 Å². The first-order valence-electron chi connectivity index (χ1n) is 8.41. The summed E-state index contributed by atoms with van der Waals surface area (Å²) in [6.45, 7) is 1.64. The molecule has 4 rings (SSSR count). The minimum absolute atomic E-state index is 0.0287. The predicted octanol–water partition coefficient (Wildman–Crippen LogP) is 3.74. The number of carbonyl (C=O) groups excluding carboxylic acids is 1. The van der Waals surface area contributed by atoms with E-state index in [-0.39, 0.29) is 12.7 Å². The second-order valence-corrected chi connectivity index (χ2v) is 6.08. The molecular formula is C21H19NO3. The van der Waals surface area contributed by atoms with E-state index in [1.807, 2.05) is 47.4 Å². The van der Waals surface area contributed by atoms with E-state index in [1.165, 1.54) is 11.1 Å². The SMILES string of the molecule is O=C(/C=C/c1ccc2c(c1)OCO2)N1CC=C(c2ccccc2)CC1. The highest BCUT2D eigenvalue weighted by atomic mass is 16.7. The Morgan fingerprint density at radius 1 is 1.04 bits per heavy atom. The summed E-state index contributed by atoms with van der Waals surface area (Å²) in [5.41, 5.74) is 3.48. The Labute approximate surface area is 147 Å². The number of hydrogen-bond acceptors (Lipinski definition) is 3. The summed E-state index contributed by atoms with van der Waals surface area (Å²) in [5.74, 6) is 1.50. The Morgan fingerprint density at radius 3 is 2.68 bits per heavy atom. The smallest absolute Gasteiger partial charge is 0.246 e. The molecule has 2 heterocycles. The molecule has 0 spiro atoms. The fourth-order valence-corrected chi connectivity index (χ4v) is 3.07. The molecule has 2 aliphatic heterocycles. The second-order valence-electron chi connectivity index (χ2n) is 6.08. The highest BCUT2D eigenvalue weighted by Gasteiger charge is 2.16. The Hall–Kier alpha value is -3.01. The molecule has 4 heteroatoms. The van der Waals surface area contributed by atoms with Crippen molar-refractivity contribution in [3.8, 4) is 11.5 Å². The first-order chi connectivity index (χ1) is 12.3. The van der Waals surface area contributed by atoms with Crippen molar-refractivity contribution in [1.82, 2.24) is 4.90 Å². The van der Waals surface area contributed by atoms with Gasteiger partial charge in [-0.2, -0.15) is 0 Å². The molecule has 2 aromatic rings. The van der Waals surface area contributed by atoms with Crippen LogP contribution in [0.1, 0.15) is 17.5 Å². The third kappa shape index (κ3) is 3.43. The van der Waals surface area contributed by atoms with E-state index < -0.39 is 0 Å². The van der Waals surface area contributed by atoms with Crippen molar-refractivity contribution in [2.75, 3.05) is 19.9 Å². The monoisotopic (exact) mass is 333 g/mol. The molecule has 0 N–H and O–H groups in total. The lowest BCUT2D eigenvalue weighted by Gasteiger charge is -2.25. The molecule has 4 nitrogen and oxygen atoms in total. The lowest BCUT2D eigenvalue weighted by atomic mass is 9.99. The summed E-state index contributed by atoms with van der Waals surface area (Å²) >= 11 is 0. The quantitative estimate of drug-likeness (QED) is 0.803. The summed E-state index contributed by atoms with van der Waals surface area (Å²) in [6.07, 6.45) is 6.47. The predicted molar refractivity (Wildman–Crippen MR) is 97.2 cm³/mol. The van der Waals surface area contributed by atoms with Crippen LogP contribution in [0.25, 0.3) is 11.6 Å². The van der Waals surface area contributed by atoms with Gasteiger partial charge in [0.25, 0.3) is 0 Å². The number of hydrogen-bond donors (Lipinski definition) is 0. The molecule has 0 fully saturated rings. The van der Waals surface area contributed by atoms with Gasteiger partial charge < -0.3 is 14.4 Å². The van der Waals surface area contributed by atoms with Crippen molar-refractivity contribution < 1.29 is 14.3 Å². The van der Waals surface area contributed by atoms with Crippen LogP contribution < -0.4 is 9.47 Å². The Kier molecular flexibility index (Phi) is 4.25. The first kappa shape index (κ1) is 15.5. The number of carbonyl (C=O) groups is 1. The number of rotatable bonds is 3. The van der Waals surface area contributed by atoms with Gasteiger partial charge in [-0.15, -0.1) is 0 Å². The standard InChI is InChI=1S/C21H19NO3/c23-21(9-7-16-6-8-19-20(14-16)25-15-24-19)22-12-10-18(11-13-22)17-4-2-1-3-5-17/h1-10,14H,11-13,15H2/b9-7+. The van der Waals surface area contributed by atoms with E-state index in [4.69, 9.17) is 9.47 Å². The van der Waals surface area contributed by atoms with Gasteiger partial charge in [0.1, 0.15) is 0 Å². The molecule has 2 aliphatic rings. The molecular weight excluding hydrogens is 314 g/mol. The van der Waals surface area contributed by atoms with E-state index in [1.54, 1.807) is 6.08 Å². The Morgan fingerprint density at radius 2 is 1.88 bits per heavy atom. The van der Waals surface area contributed by atoms with Crippen LogP contribution in [0.2, 0.25) is 0 Å². The molecule has 2 aromatic carbocycles. The van der Waals surface area contributed by atoms with Crippen molar-refractivity contribution in [1.29, 1.82) is 0 Å². The lowest BCUT2D eigenvalue weighted by Crippen LogP contribution is -2.33. The zero-order valence-electron chi connectivity index (χ0n) is 13.9. The van der Waals surface area contributed by atoms with Gasteiger partial charge in [0.05, 0.1) is 0 Å². The summed E-state index contributed by atoms with van der Waals surface area (Å²) < 4.78 is 10.6. The van der Waals surface area contributed by atoms with Gasteiger partial charge in [0, 0.05) is 19.2 Å².